The van der Waals surface area contributed by atoms with Crippen LogP contribution in [0.5, 0.6) is 5.75 Å². The van der Waals surface area contributed by atoms with Crippen molar-refractivity contribution >= 4 is 11.4 Å². The normalized spacial score (nSPS) is 19.5. The fourth-order valence-corrected chi connectivity index (χ4v) is 2.56. The topological polar surface area (TPSA) is 47.3 Å². The molecule has 0 heterocycles. The largest absolute Gasteiger partial charge is 0.497 e. The summed E-state index contributed by atoms with van der Waals surface area (Å²) >= 11 is 0. The van der Waals surface area contributed by atoms with E-state index in [1.807, 2.05) is 18.2 Å². The first-order valence-electron chi connectivity index (χ1n) is 6.70. The minimum absolute atomic E-state index is 0.504. The first-order valence-corrected chi connectivity index (χ1v) is 6.70. The number of benzene rings is 1. The Kier molecular flexibility index (Phi) is 3.69. The average molecular weight is 248 g/mol. The van der Waals surface area contributed by atoms with Gasteiger partial charge in [-0.1, -0.05) is 13.8 Å². The van der Waals surface area contributed by atoms with Gasteiger partial charge in [0.2, 0.25) is 0 Å². The number of ether oxygens (including phenoxy) is 1. The number of rotatable bonds is 3. The van der Waals surface area contributed by atoms with Crippen LogP contribution in [0, 0.1) is 5.41 Å². The maximum atomic E-state index is 6.02. The Morgan fingerprint density at radius 3 is 2.50 bits per heavy atom. The van der Waals surface area contributed by atoms with E-state index in [0.29, 0.717) is 11.5 Å². The van der Waals surface area contributed by atoms with Gasteiger partial charge >= 0.3 is 0 Å². The average Bonchev–Trinajstić information content (AvgIpc) is 2.34. The number of methoxy groups -OCH3 is 1. The molecule has 3 nitrogen and oxygen atoms in total. The van der Waals surface area contributed by atoms with Gasteiger partial charge in [0.15, 0.2) is 0 Å². The number of anilines is 2. The summed E-state index contributed by atoms with van der Waals surface area (Å²) in [6, 6.07) is 6.38. The molecular formula is C15H24N2O. The monoisotopic (exact) mass is 248 g/mol. The standard InChI is InChI=1S/C15H24N2O/c1-15(2)8-6-11(7-9-15)17-14-5-4-12(18-3)10-13(14)16/h4-5,10-11,17H,6-9,16H2,1-3H3. The van der Waals surface area contributed by atoms with Gasteiger partial charge in [0, 0.05) is 12.1 Å². The van der Waals surface area contributed by atoms with Crippen molar-refractivity contribution in [1.29, 1.82) is 0 Å². The zero-order valence-corrected chi connectivity index (χ0v) is 11.6. The van der Waals surface area contributed by atoms with Crippen molar-refractivity contribution < 1.29 is 4.74 Å². The van der Waals surface area contributed by atoms with Crippen molar-refractivity contribution in [1.82, 2.24) is 0 Å². The van der Waals surface area contributed by atoms with Crippen molar-refractivity contribution in [3.05, 3.63) is 18.2 Å². The second-order valence-corrected chi connectivity index (χ2v) is 6.04. The molecule has 1 aliphatic rings. The maximum absolute atomic E-state index is 6.02. The molecule has 0 aromatic heterocycles. The van der Waals surface area contributed by atoms with E-state index in [1.54, 1.807) is 7.11 Å². The lowest BCUT2D eigenvalue weighted by Crippen LogP contribution is -2.30. The summed E-state index contributed by atoms with van der Waals surface area (Å²) in [4.78, 5) is 0. The molecule has 1 aromatic rings. The summed E-state index contributed by atoms with van der Waals surface area (Å²) in [7, 11) is 1.66. The van der Waals surface area contributed by atoms with Crippen LogP contribution in [0.2, 0.25) is 0 Å². The van der Waals surface area contributed by atoms with Crippen LogP contribution in [0.1, 0.15) is 39.5 Å². The van der Waals surface area contributed by atoms with Gasteiger partial charge in [-0.25, -0.2) is 0 Å². The van der Waals surface area contributed by atoms with Crippen LogP contribution in [-0.4, -0.2) is 13.2 Å². The Morgan fingerprint density at radius 1 is 1.28 bits per heavy atom. The molecule has 1 saturated carbocycles. The van der Waals surface area contributed by atoms with Crippen LogP contribution in [0.4, 0.5) is 11.4 Å². The minimum Gasteiger partial charge on any atom is -0.497 e. The summed E-state index contributed by atoms with van der Waals surface area (Å²) in [6.45, 7) is 4.70. The molecule has 1 aromatic carbocycles. The maximum Gasteiger partial charge on any atom is 0.121 e. The second kappa shape index (κ2) is 5.09. The third-order valence-corrected chi connectivity index (χ3v) is 3.96. The number of hydrogen-bond donors (Lipinski definition) is 2. The van der Waals surface area contributed by atoms with Crippen LogP contribution in [-0.2, 0) is 0 Å². The highest BCUT2D eigenvalue weighted by molar-refractivity contribution is 5.68. The first-order chi connectivity index (χ1) is 8.50. The number of nitrogens with two attached hydrogens (primary N) is 1. The number of hydrogen-bond acceptors (Lipinski definition) is 3. The molecular weight excluding hydrogens is 224 g/mol. The third-order valence-electron chi connectivity index (χ3n) is 3.96. The van der Waals surface area contributed by atoms with Gasteiger partial charge in [-0.05, 0) is 43.2 Å². The molecule has 2 rings (SSSR count). The molecule has 18 heavy (non-hydrogen) atoms. The van der Waals surface area contributed by atoms with Crippen LogP contribution >= 0.6 is 0 Å². The van der Waals surface area contributed by atoms with Gasteiger partial charge in [0.05, 0.1) is 18.5 Å². The molecule has 0 aliphatic heterocycles. The fourth-order valence-electron chi connectivity index (χ4n) is 2.56. The summed E-state index contributed by atoms with van der Waals surface area (Å²) in [5.41, 5.74) is 8.32. The lowest BCUT2D eigenvalue weighted by Gasteiger charge is -2.35. The number of nitrogen functional groups attached to an aromatic ring is 1. The van der Waals surface area contributed by atoms with Gasteiger partial charge in [-0.15, -0.1) is 0 Å². The molecule has 100 valence electrons. The van der Waals surface area contributed by atoms with E-state index in [-0.39, 0.29) is 0 Å². The molecule has 0 spiro atoms. The Labute approximate surface area is 110 Å². The van der Waals surface area contributed by atoms with E-state index in [0.717, 1.165) is 17.1 Å². The fraction of sp³-hybridized carbons (Fsp3) is 0.600. The molecule has 0 amide bonds. The van der Waals surface area contributed by atoms with Crippen molar-refractivity contribution in [2.24, 2.45) is 5.41 Å². The predicted molar refractivity (Wildman–Crippen MR) is 77.1 cm³/mol. The Bertz CT molecular complexity index is 405. The van der Waals surface area contributed by atoms with Gasteiger partial charge in [0.1, 0.15) is 5.75 Å². The molecule has 0 unspecified atom stereocenters. The Balaban J connectivity index is 1.98. The highest BCUT2D eigenvalue weighted by Crippen LogP contribution is 2.36. The SMILES string of the molecule is COc1ccc(NC2CCC(C)(C)CC2)c(N)c1. The van der Waals surface area contributed by atoms with Crippen LogP contribution in [0.25, 0.3) is 0 Å². The molecule has 0 saturated heterocycles. The second-order valence-electron chi connectivity index (χ2n) is 6.04. The molecule has 0 bridgehead atoms. The van der Waals surface area contributed by atoms with E-state index in [2.05, 4.69) is 19.2 Å². The third kappa shape index (κ3) is 3.09. The molecule has 1 aliphatic carbocycles. The highest BCUT2D eigenvalue weighted by Gasteiger charge is 2.26. The summed E-state index contributed by atoms with van der Waals surface area (Å²) < 4.78 is 5.16. The first kappa shape index (κ1) is 13.1. The van der Waals surface area contributed by atoms with Gasteiger partial charge in [-0.2, -0.15) is 0 Å². The van der Waals surface area contributed by atoms with Crippen molar-refractivity contribution in [3.8, 4) is 5.75 Å². The molecule has 0 atom stereocenters. The summed E-state index contributed by atoms with van der Waals surface area (Å²) in [6.07, 6.45) is 5.00. The minimum atomic E-state index is 0.504. The smallest absolute Gasteiger partial charge is 0.121 e. The summed E-state index contributed by atoms with van der Waals surface area (Å²) in [5.74, 6) is 0.808. The van der Waals surface area contributed by atoms with Gasteiger partial charge in [0.25, 0.3) is 0 Å². The molecule has 3 N–H and O–H groups in total. The Morgan fingerprint density at radius 2 is 1.94 bits per heavy atom. The zero-order chi connectivity index (χ0) is 13.2. The molecule has 1 fully saturated rings. The van der Waals surface area contributed by atoms with Gasteiger partial charge < -0.3 is 15.8 Å². The summed E-state index contributed by atoms with van der Waals surface area (Å²) in [5, 5.41) is 3.56. The van der Waals surface area contributed by atoms with E-state index >= 15 is 0 Å². The van der Waals surface area contributed by atoms with Crippen LogP contribution in [0.15, 0.2) is 18.2 Å². The lowest BCUT2D eigenvalue weighted by molar-refractivity contribution is 0.232. The van der Waals surface area contributed by atoms with Crippen molar-refractivity contribution in [3.63, 3.8) is 0 Å². The quantitative estimate of drug-likeness (QED) is 0.802. The van der Waals surface area contributed by atoms with E-state index in [4.69, 9.17) is 10.5 Å². The highest BCUT2D eigenvalue weighted by atomic mass is 16.5. The van der Waals surface area contributed by atoms with Crippen molar-refractivity contribution in [2.75, 3.05) is 18.2 Å². The molecule has 0 radical (unpaired) electrons. The van der Waals surface area contributed by atoms with Gasteiger partial charge in [-0.3, -0.25) is 0 Å². The predicted octanol–water partition coefficient (Wildman–Crippen LogP) is 3.66. The lowest BCUT2D eigenvalue weighted by atomic mass is 9.75. The van der Waals surface area contributed by atoms with Crippen LogP contribution in [0.3, 0.4) is 0 Å². The van der Waals surface area contributed by atoms with E-state index in [1.165, 1.54) is 25.7 Å². The zero-order valence-electron chi connectivity index (χ0n) is 11.6. The molecule has 3 heteroatoms. The van der Waals surface area contributed by atoms with Crippen molar-refractivity contribution in [2.45, 2.75) is 45.6 Å². The van der Waals surface area contributed by atoms with E-state index < -0.39 is 0 Å². The van der Waals surface area contributed by atoms with E-state index in [9.17, 15) is 0 Å². The van der Waals surface area contributed by atoms with Crippen LogP contribution < -0.4 is 15.8 Å². The number of nitrogens with one attached hydrogen (secondary N) is 1. The Hall–Kier alpha value is -1.38.